The zero-order valence-electron chi connectivity index (χ0n) is 13.5. The van der Waals surface area contributed by atoms with Gasteiger partial charge in [0.25, 0.3) is 5.56 Å². The van der Waals surface area contributed by atoms with E-state index in [0.717, 1.165) is 0 Å². The molecule has 0 spiro atoms. The zero-order valence-corrected chi connectivity index (χ0v) is 15.0. The molecule has 0 radical (unpaired) electrons. The van der Waals surface area contributed by atoms with E-state index in [1.165, 1.54) is 28.9 Å². The van der Waals surface area contributed by atoms with Crippen molar-refractivity contribution in [2.75, 3.05) is 0 Å². The number of aryl methyl sites for hydroxylation is 1. The molecule has 0 fully saturated rings. The number of aliphatic imine (C=N–C) groups is 1. The lowest BCUT2D eigenvalue weighted by Crippen LogP contribution is -2.19. The number of H-pyrrole nitrogens is 1. The van der Waals surface area contributed by atoms with E-state index < -0.39 is 0 Å². The van der Waals surface area contributed by atoms with Gasteiger partial charge in [0.05, 0.1) is 22.6 Å². The maximum atomic E-state index is 13.1. The van der Waals surface area contributed by atoms with Crippen LogP contribution in [-0.4, -0.2) is 15.5 Å². The predicted octanol–water partition coefficient (Wildman–Crippen LogP) is 5.06. The summed E-state index contributed by atoms with van der Waals surface area (Å²) in [6.45, 7) is 3.52. The fraction of sp³-hybridized carbons (Fsp3) is 0.111. The van der Waals surface area contributed by atoms with Crippen molar-refractivity contribution >= 4 is 34.6 Å². The van der Waals surface area contributed by atoms with E-state index in [1.807, 2.05) is 0 Å². The molecule has 1 heterocycles. The minimum absolute atomic E-state index is 0.265. The molecular weight excluding hydrogens is 364 g/mol. The van der Waals surface area contributed by atoms with Crippen LogP contribution >= 0.6 is 23.2 Å². The molecule has 0 aliphatic heterocycles. The van der Waals surface area contributed by atoms with Gasteiger partial charge in [-0.3, -0.25) is 14.9 Å². The third-order valence-corrected chi connectivity index (χ3v) is 4.10. The summed E-state index contributed by atoms with van der Waals surface area (Å²) in [5, 5.41) is 3.92. The molecule has 1 aromatic heterocycles. The Labute approximate surface area is 153 Å². The third-order valence-electron chi connectivity index (χ3n) is 3.66. The molecule has 3 aromatic rings. The molecule has 4 nitrogen and oxygen atoms in total. The van der Waals surface area contributed by atoms with Crippen LogP contribution in [0.5, 0.6) is 0 Å². The van der Waals surface area contributed by atoms with Crippen molar-refractivity contribution in [2.24, 2.45) is 4.99 Å². The quantitative estimate of drug-likeness (QED) is 0.637. The van der Waals surface area contributed by atoms with Crippen molar-refractivity contribution in [3.8, 4) is 5.69 Å². The molecule has 0 atom stereocenters. The Balaban J connectivity index is 2.07. The van der Waals surface area contributed by atoms with Crippen molar-refractivity contribution in [1.82, 2.24) is 9.78 Å². The molecule has 2 aromatic carbocycles. The molecule has 0 aliphatic rings. The molecular formula is C18H14Cl2FN3O. The minimum Gasteiger partial charge on any atom is -0.295 e. The summed E-state index contributed by atoms with van der Waals surface area (Å²) in [6, 6.07) is 10.6. The molecule has 0 aliphatic carbocycles. The smallest absolute Gasteiger partial charge is 0.280 e. The van der Waals surface area contributed by atoms with Gasteiger partial charge < -0.3 is 0 Å². The fourth-order valence-electron chi connectivity index (χ4n) is 2.60. The van der Waals surface area contributed by atoms with Crippen LogP contribution in [0.2, 0.25) is 10.0 Å². The van der Waals surface area contributed by atoms with E-state index >= 15 is 0 Å². The Morgan fingerprint density at radius 3 is 2.32 bits per heavy atom. The Morgan fingerprint density at radius 2 is 1.72 bits per heavy atom. The Hall–Kier alpha value is -2.37. The first kappa shape index (κ1) is 17.5. The molecule has 0 amide bonds. The number of nitrogens with zero attached hydrogens (tertiary/aromatic N) is 2. The highest BCUT2D eigenvalue weighted by molar-refractivity contribution is 6.35. The van der Waals surface area contributed by atoms with Gasteiger partial charge in [-0.25, -0.2) is 9.07 Å². The predicted molar refractivity (Wildman–Crippen MR) is 99.4 cm³/mol. The summed E-state index contributed by atoms with van der Waals surface area (Å²) in [5.74, 6) is -0.365. The van der Waals surface area contributed by atoms with Gasteiger partial charge >= 0.3 is 0 Å². The van der Waals surface area contributed by atoms with Crippen molar-refractivity contribution < 1.29 is 4.39 Å². The van der Waals surface area contributed by atoms with E-state index in [4.69, 9.17) is 23.2 Å². The first-order valence-corrected chi connectivity index (χ1v) is 8.20. The summed E-state index contributed by atoms with van der Waals surface area (Å²) < 4.78 is 14.4. The third kappa shape index (κ3) is 3.67. The maximum Gasteiger partial charge on any atom is 0.280 e. The Kier molecular flexibility index (Phi) is 4.79. The van der Waals surface area contributed by atoms with Crippen LogP contribution in [0.15, 0.2) is 52.3 Å². The lowest BCUT2D eigenvalue weighted by molar-refractivity contribution is 0.627. The first-order valence-electron chi connectivity index (χ1n) is 7.44. The highest BCUT2D eigenvalue weighted by Crippen LogP contribution is 2.25. The van der Waals surface area contributed by atoms with Crippen molar-refractivity contribution in [1.29, 1.82) is 0 Å². The molecule has 128 valence electrons. The van der Waals surface area contributed by atoms with Crippen LogP contribution in [0.4, 0.5) is 10.1 Å². The second kappa shape index (κ2) is 6.86. The van der Waals surface area contributed by atoms with Crippen LogP contribution in [0, 0.1) is 12.7 Å². The van der Waals surface area contributed by atoms with Crippen LogP contribution in [0.25, 0.3) is 5.69 Å². The highest BCUT2D eigenvalue weighted by atomic mass is 35.5. The molecule has 0 unspecified atom stereocenters. The van der Waals surface area contributed by atoms with Crippen molar-refractivity contribution in [3.05, 3.63) is 79.9 Å². The molecule has 7 heteroatoms. The lowest BCUT2D eigenvalue weighted by atomic mass is 10.1. The van der Waals surface area contributed by atoms with Crippen molar-refractivity contribution in [2.45, 2.75) is 13.8 Å². The van der Waals surface area contributed by atoms with Gasteiger partial charge in [0, 0.05) is 15.7 Å². The standard InChI is InChI=1S/C18H14Cl2FN3O/c1-10(22-15-8-12(19)7-13(20)9-15)17-11(2)23-24(18(17)25)16-5-3-14(21)4-6-16/h3-9,23H,1-2H3. The number of benzene rings is 2. The number of aromatic nitrogens is 2. The molecule has 3 rings (SSSR count). The number of rotatable bonds is 3. The largest absolute Gasteiger partial charge is 0.295 e. The van der Waals surface area contributed by atoms with E-state index in [0.29, 0.717) is 38.4 Å². The minimum atomic E-state index is -0.365. The topological polar surface area (TPSA) is 50.1 Å². The summed E-state index contributed by atoms with van der Waals surface area (Å²) in [5.41, 5.74) is 2.46. The first-order chi connectivity index (χ1) is 11.8. The average Bonchev–Trinajstić information content (AvgIpc) is 2.82. The molecule has 1 N–H and O–H groups in total. The summed E-state index contributed by atoms with van der Waals surface area (Å²) >= 11 is 12.0. The van der Waals surface area contributed by atoms with E-state index in [9.17, 15) is 9.18 Å². The van der Waals surface area contributed by atoms with Gasteiger partial charge in [-0.05, 0) is 56.3 Å². The Morgan fingerprint density at radius 1 is 1.12 bits per heavy atom. The summed E-state index contributed by atoms with van der Waals surface area (Å²) in [6.07, 6.45) is 0. The highest BCUT2D eigenvalue weighted by Gasteiger charge is 2.15. The summed E-state index contributed by atoms with van der Waals surface area (Å²) in [7, 11) is 0. The van der Waals surface area contributed by atoms with E-state index in [1.54, 1.807) is 32.0 Å². The monoisotopic (exact) mass is 377 g/mol. The van der Waals surface area contributed by atoms with Gasteiger partial charge in [0.2, 0.25) is 0 Å². The van der Waals surface area contributed by atoms with Crippen LogP contribution < -0.4 is 5.56 Å². The zero-order chi connectivity index (χ0) is 18.1. The van der Waals surface area contributed by atoms with E-state index in [2.05, 4.69) is 10.1 Å². The normalized spacial score (nSPS) is 11.8. The average molecular weight is 378 g/mol. The van der Waals surface area contributed by atoms with Gasteiger partial charge in [0.15, 0.2) is 0 Å². The SMILES string of the molecule is CC(=Nc1cc(Cl)cc(Cl)c1)c1c(C)[nH]n(-c2ccc(F)cc2)c1=O. The number of nitrogens with one attached hydrogen (secondary N) is 1. The molecule has 0 saturated carbocycles. The van der Waals surface area contributed by atoms with Crippen LogP contribution in [0.3, 0.4) is 0 Å². The fourth-order valence-corrected chi connectivity index (χ4v) is 3.11. The van der Waals surface area contributed by atoms with Gasteiger partial charge in [-0.1, -0.05) is 23.2 Å². The van der Waals surface area contributed by atoms with Crippen molar-refractivity contribution in [3.63, 3.8) is 0 Å². The lowest BCUT2D eigenvalue weighted by Gasteiger charge is -2.01. The van der Waals surface area contributed by atoms with E-state index in [-0.39, 0.29) is 11.4 Å². The second-order valence-electron chi connectivity index (χ2n) is 5.55. The number of halogens is 3. The molecule has 0 saturated heterocycles. The van der Waals surface area contributed by atoms with Gasteiger partial charge in [-0.2, -0.15) is 0 Å². The number of hydrogen-bond acceptors (Lipinski definition) is 2. The Bertz CT molecular complexity index is 1000. The van der Waals surface area contributed by atoms with Gasteiger partial charge in [-0.15, -0.1) is 0 Å². The molecule has 0 bridgehead atoms. The summed E-state index contributed by atoms with van der Waals surface area (Å²) in [4.78, 5) is 17.2. The van der Waals surface area contributed by atoms with Gasteiger partial charge in [0.1, 0.15) is 5.82 Å². The second-order valence-corrected chi connectivity index (χ2v) is 6.43. The van der Waals surface area contributed by atoms with Crippen LogP contribution in [-0.2, 0) is 0 Å². The van der Waals surface area contributed by atoms with Crippen LogP contribution in [0.1, 0.15) is 18.2 Å². The number of hydrogen-bond donors (Lipinski definition) is 1. The number of aromatic amines is 1. The maximum absolute atomic E-state index is 13.1. The molecule has 25 heavy (non-hydrogen) atoms.